The van der Waals surface area contributed by atoms with Gasteiger partial charge in [-0.15, -0.1) is 0 Å². The molecule has 0 radical (unpaired) electrons. The molecule has 57 heavy (non-hydrogen) atoms. The molecule has 266 valence electrons. The van der Waals surface area contributed by atoms with Crippen molar-refractivity contribution >= 4 is 65.6 Å². The van der Waals surface area contributed by atoms with Gasteiger partial charge in [-0.2, -0.15) is 0 Å². The largest absolute Gasteiger partial charge is 0.455 e. The predicted molar refractivity (Wildman–Crippen MR) is 232 cm³/mol. The summed E-state index contributed by atoms with van der Waals surface area (Å²) >= 11 is 0. The lowest BCUT2D eigenvalue weighted by molar-refractivity contribution is 0.673. The van der Waals surface area contributed by atoms with Crippen LogP contribution >= 0.6 is 0 Å². The van der Waals surface area contributed by atoms with E-state index < -0.39 is 0 Å². The van der Waals surface area contributed by atoms with Crippen molar-refractivity contribution in [1.82, 2.24) is 24.1 Å². The minimum Gasteiger partial charge on any atom is -0.455 e. The van der Waals surface area contributed by atoms with Crippen LogP contribution in [-0.2, 0) is 0 Å². The number of nitrogens with zero attached hydrogens (tertiary/aromatic N) is 5. The van der Waals surface area contributed by atoms with Crippen molar-refractivity contribution in [3.05, 3.63) is 188 Å². The molecule has 0 bridgehead atoms. The third kappa shape index (κ3) is 4.81. The lowest BCUT2D eigenvalue weighted by Crippen LogP contribution is -2.01. The zero-order chi connectivity index (χ0) is 37.5. The van der Waals surface area contributed by atoms with Crippen LogP contribution in [0.1, 0.15) is 0 Å². The highest BCUT2D eigenvalue weighted by Gasteiger charge is 2.24. The van der Waals surface area contributed by atoms with Gasteiger partial charge in [0.2, 0.25) is 0 Å². The highest BCUT2D eigenvalue weighted by Crippen LogP contribution is 2.45. The Labute approximate surface area is 326 Å². The molecule has 0 saturated heterocycles. The normalized spacial score (nSPS) is 11.9. The van der Waals surface area contributed by atoms with Crippen molar-refractivity contribution < 1.29 is 4.42 Å². The molecule has 0 aliphatic heterocycles. The molecule has 0 aliphatic carbocycles. The van der Waals surface area contributed by atoms with Crippen molar-refractivity contribution in [2.75, 3.05) is 0 Å². The summed E-state index contributed by atoms with van der Waals surface area (Å²) in [6, 6.07) is 65.4. The van der Waals surface area contributed by atoms with Crippen LogP contribution in [0.5, 0.6) is 0 Å². The molecule has 0 atom stereocenters. The second-order valence-electron chi connectivity index (χ2n) is 14.4. The van der Waals surface area contributed by atoms with E-state index in [0.29, 0.717) is 17.5 Å². The Kier molecular flexibility index (Phi) is 6.83. The van der Waals surface area contributed by atoms with E-state index in [2.05, 4.69) is 130 Å². The van der Waals surface area contributed by atoms with Crippen LogP contribution in [0, 0.1) is 0 Å². The summed E-state index contributed by atoms with van der Waals surface area (Å²) in [5, 5.41) is 6.85. The molecular formula is C51H31N5O. The third-order valence-electron chi connectivity index (χ3n) is 11.1. The van der Waals surface area contributed by atoms with Crippen LogP contribution in [-0.4, -0.2) is 24.1 Å². The van der Waals surface area contributed by atoms with E-state index in [1.165, 1.54) is 10.8 Å². The van der Waals surface area contributed by atoms with Gasteiger partial charge in [0.05, 0.1) is 27.5 Å². The molecule has 0 unspecified atom stereocenters. The van der Waals surface area contributed by atoms with Gasteiger partial charge in [0.25, 0.3) is 0 Å². The number of hydrogen-bond donors (Lipinski definition) is 0. The predicted octanol–water partition coefficient (Wildman–Crippen LogP) is 13.0. The number of hydrogen-bond acceptors (Lipinski definition) is 4. The fourth-order valence-electron chi connectivity index (χ4n) is 8.67. The monoisotopic (exact) mass is 729 g/mol. The quantitative estimate of drug-likeness (QED) is 0.177. The molecule has 0 saturated carbocycles. The zero-order valence-corrected chi connectivity index (χ0v) is 30.5. The lowest BCUT2D eigenvalue weighted by Gasteiger charge is -2.12. The van der Waals surface area contributed by atoms with Crippen LogP contribution in [0.4, 0.5) is 0 Å². The Bertz CT molecular complexity index is 3450. The average molecular weight is 730 g/mol. The van der Waals surface area contributed by atoms with Crippen LogP contribution in [0.25, 0.3) is 111 Å². The van der Waals surface area contributed by atoms with Crippen LogP contribution in [0.2, 0.25) is 0 Å². The van der Waals surface area contributed by atoms with Crippen LogP contribution in [0.3, 0.4) is 0 Å². The van der Waals surface area contributed by atoms with Gasteiger partial charge in [0.15, 0.2) is 17.5 Å². The first-order valence-electron chi connectivity index (χ1n) is 19.1. The van der Waals surface area contributed by atoms with E-state index in [-0.39, 0.29) is 0 Å². The Morgan fingerprint density at radius 1 is 0.351 bits per heavy atom. The van der Waals surface area contributed by atoms with Gasteiger partial charge in [0.1, 0.15) is 11.2 Å². The molecule has 0 N–H and O–H groups in total. The summed E-state index contributed by atoms with van der Waals surface area (Å²) in [4.78, 5) is 15.0. The summed E-state index contributed by atoms with van der Waals surface area (Å²) in [5.41, 5.74) is 11.2. The standard InChI is InChI=1S/C51H31N5O/c1-4-15-32(16-5-1)49-52-50(33-17-6-2-7-18-33)54-51(53-49)34-19-14-22-36(31-34)55-41-25-12-10-24-39(41)45-42(55)30-28-40-46-43(56(47(40)45)35-20-8-3-9-21-35)29-27-38-37-23-11-13-26-44(37)57-48(38)46/h1-31H. The molecule has 6 nitrogen and oxygen atoms in total. The van der Waals surface area contributed by atoms with Gasteiger partial charge in [-0.1, -0.05) is 127 Å². The smallest absolute Gasteiger partial charge is 0.164 e. The highest BCUT2D eigenvalue weighted by atomic mass is 16.3. The molecule has 8 aromatic carbocycles. The average Bonchev–Trinajstić information content (AvgIpc) is 3.95. The van der Waals surface area contributed by atoms with E-state index in [0.717, 1.165) is 82.8 Å². The molecule has 0 aliphatic rings. The maximum atomic E-state index is 6.69. The molecule has 0 amide bonds. The fraction of sp³-hybridized carbons (Fsp3) is 0. The Hall–Kier alpha value is -7.83. The Balaban J connectivity index is 1.14. The second-order valence-corrected chi connectivity index (χ2v) is 14.4. The molecule has 12 rings (SSSR count). The maximum absolute atomic E-state index is 6.69. The summed E-state index contributed by atoms with van der Waals surface area (Å²) in [6.45, 7) is 0. The van der Waals surface area contributed by atoms with Crippen molar-refractivity contribution in [2.45, 2.75) is 0 Å². The van der Waals surface area contributed by atoms with E-state index in [9.17, 15) is 0 Å². The minimum atomic E-state index is 0.617. The number of aromatic nitrogens is 5. The van der Waals surface area contributed by atoms with Crippen LogP contribution in [0.15, 0.2) is 192 Å². The van der Waals surface area contributed by atoms with Gasteiger partial charge in [-0.3, -0.25) is 0 Å². The molecule has 12 aromatic rings. The molecule has 0 fully saturated rings. The van der Waals surface area contributed by atoms with E-state index in [1.54, 1.807) is 0 Å². The molecule has 0 spiro atoms. The van der Waals surface area contributed by atoms with Crippen LogP contribution < -0.4 is 0 Å². The first-order chi connectivity index (χ1) is 28.3. The number of para-hydroxylation sites is 3. The zero-order valence-electron chi connectivity index (χ0n) is 30.5. The first-order valence-corrected chi connectivity index (χ1v) is 19.1. The summed E-state index contributed by atoms with van der Waals surface area (Å²) in [5.74, 6) is 1.89. The van der Waals surface area contributed by atoms with E-state index >= 15 is 0 Å². The first kappa shape index (κ1) is 31.5. The van der Waals surface area contributed by atoms with Crippen molar-refractivity contribution in [3.63, 3.8) is 0 Å². The Morgan fingerprint density at radius 2 is 0.895 bits per heavy atom. The lowest BCUT2D eigenvalue weighted by atomic mass is 10.1. The van der Waals surface area contributed by atoms with E-state index in [4.69, 9.17) is 19.4 Å². The molecular weight excluding hydrogens is 699 g/mol. The van der Waals surface area contributed by atoms with Gasteiger partial charge < -0.3 is 13.6 Å². The van der Waals surface area contributed by atoms with Crippen molar-refractivity contribution in [1.29, 1.82) is 0 Å². The summed E-state index contributed by atoms with van der Waals surface area (Å²) in [7, 11) is 0. The Morgan fingerprint density at radius 3 is 1.61 bits per heavy atom. The maximum Gasteiger partial charge on any atom is 0.164 e. The van der Waals surface area contributed by atoms with Gasteiger partial charge in [-0.05, 0) is 60.7 Å². The summed E-state index contributed by atoms with van der Waals surface area (Å²) < 4.78 is 11.5. The minimum absolute atomic E-state index is 0.617. The number of fused-ring (bicyclic) bond motifs is 11. The molecule has 4 heterocycles. The molecule has 6 heteroatoms. The number of benzene rings is 8. The SMILES string of the molecule is c1ccc(-c2nc(-c3ccccc3)nc(-c3cccc(-n4c5ccccc5c5c4ccc4c6c7oc8ccccc8c7ccc6n(-c6ccccc6)c45)c3)n2)cc1. The summed E-state index contributed by atoms with van der Waals surface area (Å²) in [6.07, 6.45) is 0. The van der Waals surface area contributed by atoms with E-state index in [1.807, 2.05) is 66.7 Å². The molecule has 4 aromatic heterocycles. The van der Waals surface area contributed by atoms with Gasteiger partial charge in [0, 0.05) is 55.0 Å². The third-order valence-corrected chi connectivity index (χ3v) is 11.1. The second kappa shape index (κ2) is 12.3. The van der Waals surface area contributed by atoms with Gasteiger partial charge in [-0.25, -0.2) is 15.0 Å². The number of rotatable bonds is 5. The van der Waals surface area contributed by atoms with Crippen molar-refractivity contribution in [3.8, 4) is 45.5 Å². The fourth-order valence-corrected chi connectivity index (χ4v) is 8.67. The number of furan rings is 1. The topological polar surface area (TPSA) is 61.7 Å². The van der Waals surface area contributed by atoms with Crippen molar-refractivity contribution in [2.24, 2.45) is 0 Å². The highest BCUT2D eigenvalue weighted by molar-refractivity contribution is 6.31. The van der Waals surface area contributed by atoms with Gasteiger partial charge >= 0.3 is 0 Å².